The molecule has 4 rings (SSSR count). The van der Waals surface area contributed by atoms with Gasteiger partial charge in [-0.3, -0.25) is 20.2 Å². The van der Waals surface area contributed by atoms with Gasteiger partial charge in [0, 0.05) is 19.4 Å². The minimum atomic E-state index is -4.81. The number of β-amino-alcohol motifs (C(OH)–C–C–N with tert-alkyl or cyclic N) is 1. The molecule has 1 aromatic heterocycles. The van der Waals surface area contributed by atoms with Crippen LogP contribution in [0, 0.1) is 5.92 Å². The predicted molar refractivity (Wildman–Crippen MR) is 104 cm³/mol. The van der Waals surface area contributed by atoms with Crippen LogP contribution in [0.15, 0.2) is 12.1 Å². The van der Waals surface area contributed by atoms with Crippen LogP contribution in [-0.4, -0.2) is 71.9 Å². The zero-order chi connectivity index (χ0) is 24.0. The zero-order valence-corrected chi connectivity index (χ0v) is 17.4. The Morgan fingerprint density at radius 1 is 1.30 bits per heavy atom. The highest BCUT2D eigenvalue weighted by Crippen LogP contribution is 2.41. The first-order valence-electron chi connectivity index (χ1n) is 10.5. The van der Waals surface area contributed by atoms with Crippen molar-refractivity contribution < 1.29 is 41.4 Å². The molecule has 3 fully saturated rings. The van der Waals surface area contributed by atoms with E-state index in [1.807, 2.05) is 5.32 Å². The van der Waals surface area contributed by atoms with E-state index in [1.165, 1.54) is 17.0 Å². The summed E-state index contributed by atoms with van der Waals surface area (Å²) < 4.78 is 71.9. The molecule has 0 bridgehead atoms. The Morgan fingerprint density at radius 2 is 2.03 bits per heavy atom. The lowest BCUT2D eigenvalue weighted by Crippen LogP contribution is -2.47. The fourth-order valence-electron chi connectivity index (χ4n) is 3.78. The molecule has 2 unspecified atom stereocenters. The first-order chi connectivity index (χ1) is 15.4. The Labute approximate surface area is 185 Å². The average Bonchev–Trinajstić information content (AvgIpc) is 3.36. The minimum absolute atomic E-state index is 0.0982. The highest BCUT2D eigenvalue weighted by molar-refractivity contribution is 6.05. The van der Waals surface area contributed by atoms with Gasteiger partial charge in [-0.25, -0.2) is 13.8 Å². The van der Waals surface area contributed by atoms with Gasteiger partial charge in [-0.1, -0.05) is 0 Å². The molecule has 33 heavy (non-hydrogen) atoms. The number of aliphatic hydroxyl groups is 1. The summed E-state index contributed by atoms with van der Waals surface area (Å²) in [6.45, 7) is -1.25. The Bertz CT molecular complexity index is 940. The molecule has 1 aliphatic carbocycles. The van der Waals surface area contributed by atoms with Gasteiger partial charge in [-0.2, -0.15) is 13.2 Å². The lowest BCUT2D eigenvalue weighted by Gasteiger charge is -2.27. The summed E-state index contributed by atoms with van der Waals surface area (Å²) in [6.07, 6.45) is -4.23. The third-order valence-corrected chi connectivity index (χ3v) is 6.00. The molecule has 3 aliphatic rings. The molecular formula is C20H23F5N4O4. The number of amides is 2. The van der Waals surface area contributed by atoms with Gasteiger partial charge in [0.25, 0.3) is 11.8 Å². The summed E-state index contributed by atoms with van der Waals surface area (Å²) in [5.41, 5.74) is -2.96. The van der Waals surface area contributed by atoms with Crippen molar-refractivity contribution in [3.05, 3.63) is 17.8 Å². The van der Waals surface area contributed by atoms with Crippen molar-refractivity contribution in [3.63, 3.8) is 0 Å². The second-order valence-electron chi connectivity index (χ2n) is 8.79. The number of halogens is 5. The molecule has 2 atom stereocenters. The van der Waals surface area contributed by atoms with E-state index in [4.69, 9.17) is 4.74 Å². The predicted octanol–water partition coefficient (Wildman–Crippen LogP) is 1.63. The molecule has 182 valence electrons. The molecule has 3 N–H and O–H groups in total. The van der Waals surface area contributed by atoms with Crippen LogP contribution in [0.2, 0.25) is 0 Å². The van der Waals surface area contributed by atoms with Gasteiger partial charge in [0.2, 0.25) is 11.8 Å². The van der Waals surface area contributed by atoms with Crippen LogP contribution in [0.3, 0.4) is 0 Å². The van der Waals surface area contributed by atoms with E-state index in [0.29, 0.717) is 0 Å². The number of nitrogens with one attached hydrogen (secondary N) is 2. The lowest BCUT2D eigenvalue weighted by atomic mass is 10.0. The van der Waals surface area contributed by atoms with E-state index in [2.05, 4.69) is 10.3 Å². The van der Waals surface area contributed by atoms with Crippen LogP contribution in [-0.2, 0) is 4.79 Å². The average molecular weight is 478 g/mol. The van der Waals surface area contributed by atoms with Crippen LogP contribution in [0.5, 0.6) is 5.88 Å². The molecular weight excluding hydrogens is 455 g/mol. The number of nitrogens with zero attached hydrogens (tertiary/aromatic N) is 2. The second kappa shape index (κ2) is 8.35. The highest BCUT2D eigenvalue weighted by Gasteiger charge is 2.57. The van der Waals surface area contributed by atoms with E-state index in [-0.39, 0.29) is 36.3 Å². The quantitative estimate of drug-likeness (QED) is 0.422. The number of carbonyl (C=O) groups excluding carboxylic acids is 2. The fraction of sp³-hybridized carbons (Fsp3) is 0.650. The molecule has 0 spiro atoms. The molecule has 2 amide bonds. The van der Waals surface area contributed by atoms with Crippen LogP contribution >= 0.6 is 0 Å². The SMILES string of the molecule is O=C(NC(=O)C1CC(F)(F)CN1)c1ccc(N2CCC(O)(C(F)(F)F)C2)c(OCC2CC2)n1. The van der Waals surface area contributed by atoms with Gasteiger partial charge in [0.1, 0.15) is 11.4 Å². The molecule has 13 heteroatoms. The van der Waals surface area contributed by atoms with E-state index in [1.54, 1.807) is 0 Å². The van der Waals surface area contributed by atoms with Crippen molar-refractivity contribution in [1.82, 2.24) is 15.6 Å². The van der Waals surface area contributed by atoms with Crippen LogP contribution < -0.4 is 20.3 Å². The number of hydrogen-bond donors (Lipinski definition) is 3. The molecule has 1 saturated carbocycles. The third-order valence-electron chi connectivity index (χ3n) is 6.00. The van der Waals surface area contributed by atoms with Gasteiger partial charge in [-0.05, 0) is 30.9 Å². The van der Waals surface area contributed by atoms with Gasteiger partial charge in [0.05, 0.1) is 25.7 Å². The number of aromatic nitrogens is 1. The first kappa shape index (κ1) is 23.6. The maximum Gasteiger partial charge on any atom is 0.418 e. The number of ether oxygens (including phenoxy) is 1. The van der Waals surface area contributed by atoms with Gasteiger partial charge < -0.3 is 14.7 Å². The number of imide groups is 1. The molecule has 2 saturated heterocycles. The summed E-state index contributed by atoms with van der Waals surface area (Å²) in [5.74, 6) is -4.76. The normalized spacial score (nSPS) is 27.0. The zero-order valence-electron chi connectivity index (χ0n) is 17.4. The summed E-state index contributed by atoms with van der Waals surface area (Å²) in [4.78, 5) is 30.0. The first-order valence-corrected chi connectivity index (χ1v) is 10.5. The van der Waals surface area contributed by atoms with Crippen molar-refractivity contribution in [3.8, 4) is 5.88 Å². The molecule has 0 radical (unpaired) electrons. The van der Waals surface area contributed by atoms with Crippen LogP contribution in [0.4, 0.5) is 27.6 Å². The van der Waals surface area contributed by atoms with Crippen molar-refractivity contribution in [2.24, 2.45) is 5.92 Å². The molecule has 3 heterocycles. The largest absolute Gasteiger partial charge is 0.476 e. The summed E-state index contributed by atoms with van der Waals surface area (Å²) in [6, 6.07) is 1.29. The summed E-state index contributed by atoms with van der Waals surface area (Å²) >= 11 is 0. The number of anilines is 1. The summed E-state index contributed by atoms with van der Waals surface area (Å²) in [5, 5.41) is 14.3. The fourth-order valence-corrected chi connectivity index (χ4v) is 3.78. The smallest absolute Gasteiger partial charge is 0.418 e. The Morgan fingerprint density at radius 3 is 2.61 bits per heavy atom. The van der Waals surface area contributed by atoms with Crippen molar-refractivity contribution >= 4 is 17.5 Å². The van der Waals surface area contributed by atoms with E-state index < -0.39 is 61.5 Å². The highest BCUT2D eigenvalue weighted by atomic mass is 19.4. The number of alkyl halides is 5. The second-order valence-corrected chi connectivity index (χ2v) is 8.79. The van der Waals surface area contributed by atoms with Gasteiger partial charge in [0.15, 0.2) is 5.60 Å². The van der Waals surface area contributed by atoms with Crippen LogP contribution in [0.25, 0.3) is 0 Å². The van der Waals surface area contributed by atoms with E-state index in [0.717, 1.165) is 12.8 Å². The topological polar surface area (TPSA) is 104 Å². The van der Waals surface area contributed by atoms with E-state index >= 15 is 0 Å². The van der Waals surface area contributed by atoms with Crippen molar-refractivity contribution in [2.75, 3.05) is 31.1 Å². The standard InChI is InChI=1S/C20H23F5N4O4/c21-19(22)7-13(26-9-19)16(31)28-15(30)12-3-4-14(17(27-12)33-8-11-1-2-11)29-6-5-18(32,10-29)20(23,24)25/h3-4,11,13,26,32H,1-2,5-10H2,(H,28,30,31). The monoisotopic (exact) mass is 478 g/mol. The number of rotatable bonds is 6. The minimum Gasteiger partial charge on any atom is -0.476 e. The maximum atomic E-state index is 13.3. The Balaban J connectivity index is 1.50. The van der Waals surface area contributed by atoms with Crippen molar-refractivity contribution in [2.45, 2.75) is 49.4 Å². The molecule has 1 aromatic rings. The summed E-state index contributed by atoms with van der Waals surface area (Å²) in [7, 11) is 0. The molecule has 2 aliphatic heterocycles. The van der Waals surface area contributed by atoms with Crippen molar-refractivity contribution in [1.29, 1.82) is 0 Å². The Hall–Kier alpha value is -2.54. The van der Waals surface area contributed by atoms with E-state index in [9.17, 15) is 36.6 Å². The van der Waals surface area contributed by atoms with Crippen LogP contribution in [0.1, 0.15) is 36.2 Å². The third kappa shape index (κ3) is 5.18. The maximum absolute atomic E-state index is 13.3. The molecule has 0 aromatic carbocycles. The number of hydrogen-bond acceptors (Lipinski definition) is 7. The Kier molecular flexibility index (Phi) is 5.97. The lowest BCUT2D eigenvalue weighted by molar-refractivity contribution is -0.250. The number of carbonyl (C=O) groups is 2. The number of pyridine rings is 1. The van der Waals surface area contributed by atoms with Gasteiger partial charge >= 0.3 is 6.18 Å². The molecule has 8 nitrogen and oxygen atoms in total. The van der Waals surface area contributed by atoms with Gasteiger partial charge in [-0.15, -0.1) is 0 Å².